The van der Waals surface area contributed by atoms with E-state index >= 15 is 0 Å². The summed E-state index contributed by atoms with van der Waals surface area (Å²) in [7, 11) is 0. The van der Waals surface area contributed by atoms with Crippen molar-refractivity contribution in [3.8, 4) is 5.69 Å². The van der Waals surface area contributed by atoms with Crippen LogP contribution in [0.5, 0.6) is 0 Å². The van der Waals surface area contributed by atoms with Gasteiger partial charge in [0.15, 0.2) is 0 Å². The van der Waals surface area contributed by atoms with Gasteiger partial charge in [-0.05, 0) is 42.0 Å². The average molecular weight is 358 g/mol. The third-order valence-corrected chi connectivity index (χ3v) is 4.58. The molecular formula is C22H22N4O. The van der Waals surface area contributed by atoms with Crippen LogP contribution in [0.3, 0.4) is 0 Å². The molecule has 0 aliphatic carbocycles. The van der Waals surface area contributed by atoms with Crippen LogP contribution in [-0.4, -0.2) is 20.9 Å². The van der Waals surface area contributed by atoms with E-state index in [1.54, 1.807) is 4.80 Å². The molecule has 0 bridgehead atoms. The van der Waals surface area contributed by atoms with Gasteiger partial charge in [0.25, 0.3) is 0 Å². The van der Waals surface area contributed by atoms with Gasteiger partial charge in [0.05, 0.1) is 5.69 Å². The Bertz CT molecular complexity index is 1140. The zero-order valence-electron chi connectivity index (χ0n) is 15.7. The predicted octanol–water partition coefficient (Wildman–Crippen LogP) is 4.87. The van der Waals surface area contributed by atoms with Crippen LogP contribution in [-0.2, 0) is 4.79 Å². The predicted molar refractivity (Wildman–Crippen MR) is 109 cm³/mol. The minimum atomic E-state index is 0.0221. The molecule has 1 N–H and O–H groups in total. The molecule has 0 aliphatic rings. The summed E-state index contributed by atoms with van der Waals surface area (Å²) in [6, 6.07) is 18.2. The Kier molecular flexibility index (Phi) is 4.36. The number of aromatic nitrogens is 3. The maximum atomic E-state index is 12.1. The lowest BCUT2D eigenvalue weighted by Gasteiger charge is -2.09. The fourth-order valence-corrected chi connectivity index (χ4v) is 3.27. The van der Waals surface area contributed by atoms with Gasteiger partial charge in [-0.3, -0.25) is 4.79 Å². The molecule has 3 aromatic carbocycles. The van der Waals surface area contributed by atoms with Gasteiger partial charge in [-0.15, -0.1) is 15.0 Å². The highest BCUT2D eigenvalue weighted by atomic mass is 16.1. The number of hydrogen-bond donors (Lipinski definition) is 1. The van der Waals surface area contributed by atoms with E-state index in [4.69, 9.17) is 0 Å². The molecular weight excluding hydrogens is 336 g/mol. The fraction of sp³-hybridized carbons (Fsp3) is 0.227. The number of hydrogen-bond acceptors (Lipinski definition) is 3. The molecule has 1 amide bonds. The molecule has 1 heterocycles. The maximum Gasteiger partial charge on any atom is 0.224 e. The Labute approximate surface area is 158 Å². The number of carbonyl (C=O) groups excluding carboxylic acids is 1. The molecule has 5 heteroatoms. The second-order valence-corrected chi connectivity index (χ2v) is 7.29. The number of anilines is 1. The molecule has 4 rings (SSSR count). The van der Waals surface area contributed by atoms with Crippen molar-refractivity contribution in [2.75, 3.05) is 5.32 Å². The van der Waals surface area contributed by atoms with Gasteiger partial charge in [-0.25, -0.2) is 0 Å². The molecule has 136 valence electrons. The lowest BCUT2D eigenvalue weighted by Crippen LogP contribution is -2.14. The van der Waals surface area contributed by atoms with Crippen LogP contribution in [0.1, 0.15) is 25.8 Å². The summed E-state index contributed by atoms with van der Waals surface area (Å²) in [5.41, 5.74) is 4.27. The van der Waals surface area contributed by atoms with Crippen molar-refractivity contribution in [3.05, 3.63) is 60.2 Å². The highest BCUT2D eigenvalue weighted by Crippen LogP contribution is 2.25. The van der Waals surface area contributed by atoms with Crippen LogP contribution < -0.4 is 5.32 Å². The first-order valence-electron chi connectivity index (χ1n) is 9.17. The number of amides is 1. The Morgan fingerprint density at radius 1 is 1.04 bits per heavy atom. The largest absolute Gasteiger partial charge is 0.326 e. The van der Waals surface area contributed by atoms with Crippen LogP contribution >= 0.6 is 0 Å². The topological polar surface area (TPSA) is 59.8 Å². The summed E-state index contributed by atoms with van der Waals surface area (Å²) in [6.07, 6.45) is 0.500. The number of nitrogens with one attached hydrogen (secondary N) is 1. The van der Waals surface area contributed by atoms with Crippen molar-refractivity contribution in [2.24, 2.45) is 5.92 Å². The Morgan fingerprint density at radius 2 is 1.74 bits per heavy atom. The van der Waals surface area contributed by atoms with Crippen molar-refractivity contribution in [2.45, 2.75) is 27.2 Å². The summed E-state index contributed by atoms with van der Waals surface area (Å²) in [5.74, 6) is 0.343. The van der Waals surface area contributed by atoms with Gasteiger partial charge in [0.1, 0.15) is 11.0 Å². The van der Waals surface area contributed by atoms with E-state index in [0.29, 0.717) is 12.3 Å². The second kappa shape index (κ2) is 6.83. The molecule has 0 saturated carbocycles. The van der Waals surface area contributed by atoms with Gasteiger partial charge in [-0.2, -0.15) is 0 Å². The van der Waals surface area contributed by atoms with Crippen molar-refractivity contribution in [1.29, 1.82) is 0 Å². The first-order chi connectivity index (χ1) is 13.0. The molecule has 27 heavy (non-hydrogen) atoms. The molecule has 1 aromatic heterocycles. The Morgan fingerprint density at radius 3 is 2.52 bits per heavy atom. The van der Waals surface area contributed by atoms with Crippen LogP contribution in [0, 0.1) is 12.8 Å². The lowest BCUT2D eigenvalue weighted by atomic mass is 10.1. The van der Waals surface area contributed by atoms with Crippen LogP contribution in [0.4, 0.5) is 5.69 Å². The van der Waals surface area contributed by atoms with Crippen molar-refractivity contribution in [3.63, 3.8) is 0 Å². The number of rotatable bonds is 4. The summed E-state index contributed by atoms with van der Waals surface area (Å²) in [4.78, 5) is 13.8. The zero-order chi connectivity index (χ0) is 19.0. The minimum Gasteiger partial charge on any atom is -0.326 e. The van der Waals surface area contributed by atoms with E-state index in [-0.39, 0.29) is 5.91 Å². The first kappa shape index (κ1) is 17.2. The average Bonchev–Trinajstić information content (AvgIpc) is 3.03. The van der Waals surface area contributed by atoms with E-state index in [1.165, 1.54) is 0 Å². The fourth-order valence-electron chi connectivity index (χ4n) is 3.27. The summed E-state index contributed by atoms with van der Waals surface area (Å²) < 4.78 is 0. The van der Waals surface area contributed by atoms with Crippen LogP contribution in [0.25, 0.3) is 27.5 Å². The molecule has 4 aromatic rings. The summed E-state index contributed by atoms with van der Waals surface area (Å²) in [6.45, 7) is 6.04. The third kappa shape index (κ3) is 3.40. The van der Waals surface area contributed by atoms with Gasteiger partial charge < -0.3 is 5.32 Å². The maximum absolute atomic E-state index is 12.1. The van der Waals surface area contributed by atoms with E-state index < -0.39 is 0 Å². The molecule has 5 nitrogen and oxygen atoms in total. The highest BCUT2D eigenvalue weighted by Gasteiger charge is 2.12. The van der Waals surface area contributed by atoms with E-state index in [9.17, 15) is 4.79 Å². The molecule has 0 saturated heterocycles. The number of carbonyl (C=O) groups is 1. The number of aryl methyl sites for hydroxylation is 1. The van der Waals surface area contributed by atoms with E-state index in [1.807, 2.05) is 57.2 Å². The Balaban J connectivity index is 1.75. The quantitative estimate of drug-likeness (QED) is 0.566. The van der Waals surface area contributed by atoms with Gasteiger partial charge in [0.2, 0.25) is 5.91 Å². The highest BCUT2D eigenvalue weighted by molar-refractivity contribution is 5.94. The van der Waals surface area contributed by atoms with Crippen LogP contribution in [0.2, 0.25) is 0 Å². The summed E-state index contributed by atoms with van der Waals surface area (Å²) >= 11 is 0. The lowest BCUT2D eigenvalue weighted by molar-refractivity contribution is -0.116. The van der Waals surface area contributed by atoms with Crippen molar-refractivity contribution >= 4 is 33.4 Å². The number of fused-ring (bicyclic) bond motifs is 2. The number of benzene rings is 3. The van der Waals surface area contributed by atoms with Crippen molar-refractivity contribution in [1.82, 2.24) is 15.0 Å². The molecule has 0 radical (unpaired) electrons. The molecule has 0 fully saturated rings. The standard InChI is InChI=1S/C22H22N4O/c1-14(2)11-22(27)23-18-13-20-19(12-15(18)3)24-26(25-20)21-10-6-8-16-7-4-5-9-17(16)21/h4-10,12-14H,11H2,1-3H3,(H,23,27). The van der Waals surface area contributed by atoms with Gasteiger partial charge >= 0.3 is 0 Å². The monoisotopic (exact) mass is 358 g/mol. The SMILES string of the molecule is Cc1cc2nn(-c3cccc4ccccc34)nc2cc1NC(=O)CC(C)C. The first-order valence-corrected chi connectivity index (χ1v) is 9.17. The Hall–Kier alpha value is -3.21. The molecule has 0 spiro atoms. The summed E-state index contributed by atoms with van der Waals surface area (Å²) in [5, 5.41) is 14.6. The second-order valence-electron chi connectivity index (χ2n) is 7.29. The molecule has 0 atom stereocenters. The zero-order valence-corrected chi connectivity index (χ0v) is 15.7. The molecule has 0 unspecified atom stereocenters. The minimum absolute atomic E-state index is 0.0221. The van der Waals surface area contributed by atoms with Crippen molar-refractivity contribution < 1.29 is 4.79 Å². The number of nitrogens with zero attached hydrogens (tertiary/aromatic N) is 3. The van der Waals surface area contributed by atoms with E-state index in [0.717, 1.165) is 38.7 Å². The normalized spacial score (nSPS) is 11.4. The smallest absolute Gasteiger partial charge is 0.224 e. The molecule has 0 aliphatic heterocycles. The third-order valence-electron chi connectivity index (χ3n) is 4.58. The van der Waals surface area contributed by atoms with Crippen LogP contribution in [0.15, 0.2) is 54.6 Å². The van der Waals surface area contributed by atoms with E-state index in [2.05, 4.69) is 33.7 Å². The van der Waals surface area contributed by atoms with Gasteiger partial charge in [-0.1, -0.05) is 50.2 Å². The van der Waals surface area contributed by atoms with Gasteiger partial charge in [0, 0.05) is 17.5 Å².